The molecule has 1 atom stereocenters. The Labute approximate surface area is 127 Å². The largest absolute Gasteiger partial charge is 0.462 e. The number of carbonyl (C=O) groups is 1. The van der Waals surface area contributed by atoms with Crippen LogP contribution < -0.4 is 10.2 Å². The highest BCUT2D eigenvalue weighted by molar-refractivity contribution is 5.97. The Morgan fingerprint density at radius 2 is 2.24 bits per heavy atom. The Kier molecular flexibility index (Phi) is 5.48. The molecule has 0 bridgehead atoms. The van der Waals surface area contributed by atoms with E-state index >= 15 is 0 Å². The summed E-state index contributed by atoms with van der Waals surface area (Å²) < 4.78 is 5.35. The van der Waals surface area contributed by atoms with Gasteiger partial charge in [-0.2, -0.15) is 0 Å². The van der Waals surface area contributed by atoms with Gasteiger partial charge in [0.1, 0.15) is 0 Å². The van der Waals surface area contributed by atoms with Crippen molar-refractivity contribution in [2.24, 2.45) is 0 Å². The van der Waals surface area contributed by atoms with Crippen LogP contribution in [0, 0.1) is 0 Å². The molecule has 21 heavy (non-hydrogen) atoms. The third-order valence-electron chi connectivity index (χ3n) is 4.05. The molecular formula is C17H26N2O2. The van der Waals surface area contributed by atoms with Gasteiger partial charge in [0.15, 0.2) is 0 Å². The van der Waals surface area contributed by atoms with E-state index in [4.69, 9.17) is 4.74 Å². The SMILES string of the molecule is CCCOC(=O)c1cc(NC)ccc1N1CCCCC1C. The highest BCUT2D eigenvalue weighted by atomic mass is 16.5. The van der Waals surface area contributed by atoms with Crippen molar-refractivity contribution < 1.29 is 9.53 Å². The maximum Gasteiger partial charge on any atom is 0.340 e. The topological polar surface area (TPSA) is 41.6 Å². The van der Waals surface area contributed by atoms with E-state index in [1.54, 1.807) is 0 Å². The van der Waals surface area contributed by atoms with Gasteiger partial charge in [-0.05, 0) is 50.8 Å². The molecule has 1 aliphatic rings. The van der Waals surface area contributed by atoms with Crippen LogP contribution in [0.15, 0.2) is 18.2 Å². The maximum atomic E-state index is 12.4. The first kappa shape index (κ1) is 15.7. The van der Waals surface area contributed by atoms with Crippen molar-refractivity contribution in [2.75, 3.05) is 30.4 Å². The van der Waals surface area contributed by atoms with E-state index < -0.39 is 0 Å². The van der Waals surface area contributed by atoms with Crippen molar-refractivity contribution in [3.8, 4) is 0 Å². The molecule has 0 radical (unpaired) electrons. The normalized spacial score (nSPS) is 18.4. The lowest BCUT2D eigenvalue weighted by molar-refractivity contribution is 0.0505. The highest BCUT2D eigenvalue weighted by Gasteiger charge is 2.24. The average molecular weight is 290 g/mol. The summed E-state index contributed by atoms with van der Waals surface area (Å²) in [6.07, 6.45) is 4.47. The second kappa shape index (κ2) is 7.34. The molecule has 1 N–H and O–H groups in total. The number of ether oxygens (including phenoxy) is 1. The zero-order chi connectivity index (χ0) is 15.2. The number of nitrogens with zero attached hydrogens (tertiary/aromatic N) is 1. The minimum absolute atomic E-state index is 0.221. The fraction of sp³-hybridized carbons (Fsp3) is 0.588. The number of hydrogen-bond acceptors (Lipinski definition) is 4. The smallest absolute Gasteiger partial charge is 0.340 e. The van der Waals surface area contributed by atoms with E-state index in [1.165, 1.54) is 19.3 Å². The van der Waals surface area contributed by atoms with Crippen molar-refractivity contribution in [3.63, 3.8) is 0 Å². The first-order chi connectivity index (χ1) is 10.2. The third-order valence-corrected chi connectivity index (χ3v) is 4.05. The lowest BCUT2D eigenvalue weighted by atomic mass is 10.0. The highest BCUT2D eigenvalue weighted by Crippen LogP contribution is 2.30. The van der Waals surface area contributed by atoms with Gasteiger partial charge in [-0.15, -0.1) is 0 Å². The lowest BCUT2D eigenvalue weighted by Gasteiger charge is -2.36. The molecule has 1 aliphatic heterocycles. The van der Waals surface area contributed by atoms with E-state index in [1.807, 2.05) is 32.2 Å². The zero-order valence-electron chi connectivity index (χ0n) is 13.3. The monoisotopic (exact) mass is 290 g/mol. The van der Waals surface area contributed by atoms with E-state index in [-0.39, 0.29) is 5.97 Å². The molecule has 1 aromatic carbocycles. The summed E-state index contributed by atoms with van der Waals surface area (Å²) in [6.45, 7) is 5.71. The third kappa shape index (κ3) is 3.69. The minimum atomic E-state index is -0.221. The molecule has 0 aromatic heterocycles. The van der Waals surface area contributed by atoms with Gasteiger partial charge >= 0.3 is 5.97 Å². The molecule has 0 saturated carbocycles. The molecule has 1 aromatic rings. The fourth-order valence-electron chi connectivity index (χ4n) is 2.83. The molecule has 0 amide bonds. The van der Waals surface area contributed by atoms with Crippen LogP contribution in [0.3, 0.4) is 0 Å². The van der Waals surface area contributed by atoms with Crippen LogP contribution in [0.25, 0.3) is 0 Å². The molecule has 4 heteroatoms. The number of carbonyl (C=O) groups excluding carboxylic acids is 1. The standard InChI is InChI=1S/C17H26N2O2/c1-4-11-21-17(20)15-12-14(18-3)8-9-16(15)19-10-6-5-7-13(19)2/h8-9,12-13,18H,4-7,10-11H2,1-3H3. The molecule has 2 rings (SSSR count). The van der Waals surface area contributed by atoms with E-state index in [9.17, 15) is 4.79 Å². The summed E-state index contributed by atoms with van der Waals surface area (Å²) in [5, 5.41) is 3.09. The number of anilines is 2. The van der Waals surface area contributed by atoms with Gasteiger partial charge in [0, 0.05) is 25.3 Å². The second-order valence-electron chi connectivity index (χ2n) is 5.66. The molecule has 1 heterocycles. The maximum absolute atomic E-state index is 12.4. The predicted octanol–water partition coefficient (Wildman–Crippen LogP) is 3.67. The molecule has 0 spiro atoms. The van der Waals surface area contributed by atoms with E-state index in [0.717, 1.165) is 24.3 Å². The van der Waals surface area contributed by atoms with Gasteiger partial charge in [-0.1, -0.05) is 6.92 Å². The van der Waals surface area contributed by atoms with E-state index in [0.29, 0.717) is 18.2 Å². The Bertz CT molecular complexity index is 488. The van der Waals surface area contributed by atoms with Crippen molar-refractivity contribution in [1.82, 2.24) is 0 Å². The Hall–Kier alpha value is -1.71. The second-order valence-corrected chi connectivity index (χ2v) is 5.66. The first-order valence-corrected chi connectivity index (χ1v) is 7.93. The minimum Gasteiger partial charge on any atom is -0.462 e. The number of nitrogens with one attached hydrogen (secondary N) is 1. The first-order valence-electron chi connectivity index (χ1n) is 7.93. The van der Waals surface area contributed by atoms with Gasteiger partial charge in [-0.25, -0.2) is 4.79 Å². The Morgan fingerprint density at radius 3 is 2.90 bits per heavy atom. The van der Waals surface area contributed by atoms with Gasteiger partial charge in [-0.3, -0.25) is 0 Å². The Morgan fingerprint density at radius 1 is 1.43 bits per heavy atom. The van der Waals surface area contributed by atoms with Crippen LogP contribution >= 0.6 is 0 Å². The number of piperidine rings is 1. The summed E-state index contributed by atoms with van der Waals surface area (Å²) in [5.41, 5.74) is 2.61. The number of benzene rings is 1. The summed E-state index contributed by atoms with van der Waals surface area (Å²) in [6, 6.07) is 6.43. The van der Waals surface area contributed by atoms with Crippen molar-refractivity contribution >= 4 is 17.3 Å². The van der Waals surface area contributed by atoms with Crippen LogP contribution in [0.2, 0.25) is 0 Å². The van der Waals surface area contributed by atoms with Crippen LogP contribution in [-0.4, -0.2) is 32.2 Å². The van der Waals surface area contributed by atoms with E-state index in [2.05, 4.69) is 17.1 Å². The fourth-order valence-corrected chi connectivity index (χ4v) is 2.83. The summed E-state index contributed by atoms with van der Waals surface area (Å²) >= 11 is 0. The predicted molar refractivity (Wildman–Crippen MR) is 87.2 cm³/mol. The van der Waals surface area contributed by atoms with Crippen molar-refractivity contribution in [3.05, 3.63) is 23.8 Å². The molecule has 116 valence electrons. The van der Waals surface area contributed by atoms with Gasteiger partial charge in [0.25, 0.3) is 0 Å². The molecular weight excluding hydrogens is 264 g/mol. The summed E-state index contributed by atoms with van der Waals surface area (Å²) in [4.78, 5) is 14.7. The van der Waals surface area contributed by atoms with Crippen LogP contribution in [0.1, 0.15) is 49.9 Å². The average Bonchev–Trinajstić information content (AvgIpc) is 2.52. The quantitative estimate of drug-likeness (QED) is 0.840. The van der Waals surface area contributed by atoms with Crippen LogP contribution in [0.5, 0.6) is 0 Å². The molecule has 1 saturated heterocycles. The number of esters is 1. The molecule has 1 fully saturated rings. The summed E-state index contributed by atoms with van der Waals surface area (Å²) in [7, 11) is 1.86. The molecule has 1 unspecified atom stereocenters. The van der Waals surface area contributed by atoms with Crippen LogP contribution in [-0.2, 0) is 4.74 Å². The Balaban J connectivity index is 2.32. The zero-order valence-corrected chi connectivity index (χ0v) is 13.3. The van der Waals surface area contributed by atoms with Gasteiger partial charge in [0.2, 0.25) is 0 Å². The van der Waals surface area contributed by atoms with Crippen LogP contribution in [0.4, 0.5) is 11.4 Å². The van der Waals surface area contributed by atoms with Crippen molar-refractivity contribution in [2.45, 2.75) is 45.6 Å². The van der Waals surface area contributed by atoms with Gasteiger partial charge < -0.3 is 15.0 Å². The summed E-state index contributed by atoms with van der Waals surface area (Å²) in [5.74, 6) is -0.221. The number of hydrogen-bond donors (Lipinski definition) is 1. The molecule has 4 nitrogen and oxygen atoms in total. The number of rotatable bonds is 5. The lowest BCUT2D eigenvalue weighted by Crippen LogP contribution is -2.38. The van der Waals surface area contributed by atoms with Crippen molar-refractivity contribution in [1.29, 1.82) is 0 Å². The van der Waals surface area contributed by atoms with Gasteiger partial charge in [0.05, 0.1) is 17.9 Å². The molecule has 0 aliphatic carbocycles.